The highest BCUT2D eigenvalue weighted by Crippen LogP contribution is 2.38. The van der Waals surface area contributed by atoms with Gasteiger partial charge in [-0.25, -0.2) is 0 Å². The number of carbonyl (C=O) groups excluding carboxylic acids is 1. The minimum absolute atomic E-state index is 0.0195. The number of benzene rings is 2. The van der Waals surface area contributed by atoms with E-state index in [9.17, 15) is 9.70 Å². The molecule has 1 heterocycles. The number of nitroso groups, excluding NO2 is 1. The van der Waals surface area contributed by atoms with E-state index in [1.807, 2.05) is 24.3 Å². The molecule has 6 heteroatoms. The third-order valence-corrected chi connectivity index (χ3v) is 6.06. The molecule has 4 rings (SSSR count). The van der Waals surface area contributed by atoms with Gasteiger partial charge in [0.1, 0.15) is 12.4 Å². The van der Waals surface area contributed by atoms with Crippen LogP contribution in [0.3, 0.4) is 0 Å². The summed E-state index contributed by atoms with van der Waals surface area (Å²) in [7, 11) is 0. The topological polar surface area (TPSA) is 74.2 Å². The van der Waals surface area contributed by atoms with Crippen molar-refractivity contribution in [1.29, 1.82) is 0 Å². The molecular formula is C27H27NO5. The first-order valence-electron chi connectivity index (χ1n) is 11.2. The molecule has 2 aromatic rings. The molecule has 1 unspecified atom stereocenters. The van der Waals surface area contributed by atoms with Gasteiger partial charge in [-0.2, -0.15) is 0 Å². The number of carbonyl (C=O) groups is 1. The summed E-state index contributed by atoms with van der Waals surface area (Å²) < 4.78 is 17.5. The maximum atomic E-state index is 11.4. The van der Waals surface area contributed by atoms with Crippen LogP contribution in [0, 0.1) is 16.7 Å². The summed E-state index contributed by atoms with van der Waals surface area (Å²) in [5, 5.41) is 2.47. The highest BCUT2D eigenvalue weighted by atomic mass is 16.7. The summed E-state index contributed by atoms with van der Waals surface area (Å²) in [6.45, 7) is 3.53. The van der Waals surface area contributed by atoms with E-state index in [1.54, 1.807) is 6.92 Å². The molecule has 1 fully saturated rings. The zero-order valence-electron chi connectivity index (χ0n) is 18.7. The number of allylic oxidation sites excluding steroid dienone is 1. The van der Waals surface area contributed by atoms with Gasteiger partial charge in [0, 0.05) is 18.0 Å². The maximum absolute atomic E-state index is 11.4. The first-order chi connectivity index (χ1) is 16.1. The van der Waals surface area contributed by atoms with E-state index in [0.717, 1.165) is 36.1 Å². The second-order valence-corrected chi connectivity index (χ2v) is 8.23. The molecule has 0 saturated carbocycles. The Morgan fingerprint density at radius 1 is 1.12 bits per heavy atom. The monoisotopic (exact) mass is 445 g/mol. The van der Waals surface area contributed by atoms with Crippen molar-refractivity contribution >= 4 is 11.5 Å². The van der Waals surface area contributed by atoms with Crippen LogP contribution >= 0.6 is 0 Å². The molecule has 1 saturated heterocycles. The molecule has 1 atom stereocenters. The molecule has 6 nitrogen and oxygen atoms in total. The van der Waals surface area contributed by atoms with Gasteiger partial charge in [0.25, 0.3) is 5.91 Å². The van der Waals surface area contributed by atoms with Gasteiger partial charge < -0.3 is 14.2 Å². The maximum Gasteiger partial charge on any atom is 0.287 e. The smallest absolute Gasteiger partial charge is 0.287 e. The summed E-state index contributed by atoms with van der Waals surface area (Å²) in [5.41, 5.74) is 4.48. The van der Waals surface area contributed by atoms with Gasteiger partial charge in [-0.1, -0.05) is 48.4 Å². The second-order valence-electron chi connectivity index (χ2n) is 8.23. The van der Waals surface area contributed by atoms with Gasteiger partial charge in [0.2, 0.25) is 0 Å². The quantitative estimate of drug-likeness (QED) is 0.423. The van der Waals surface area contributed by atoms with Crippen LogP contribution in [-0.4, -0.2) is 24.9 Å². The molecule has 170 valence electrons. The SMILES string of the molecule is CC#CC(CC(=O)N=O)c1ccc(OCc2ccc(C3=CCC4(CC3)OCCO4)cc2)cc1. The Labute approximate surface area is 193 Å². The summed E-state index contributed by atoms with van der Waals surface area (Å²) in [5.74, 6) is 5.05. The fraction of sp³-hybridized carbons (Fsp3) is 0.370. The van der Waals surface area contributed by atoms with Gasteiger partial charge in [-0.15, -0.1) is 10.8 Å². The van der Waals surface area contributed by atoms with Crippen LogP contribution in [-0.2, 0) is 20.9 Å². The van der Waals surface area contributed by atoms with Crippen LogP contribution in [0.4, 0.5) is 0 Å². The lowest BCUT2D eigenvalue weighted by Gasteiger charge is -2.30. The van der Waals surface area contributed by atoms with Crippen molar-refractivity contribution in [2.24, 2.45) is 5.18 Å². The lowest BCUT2D eigenvalue weighted by atomic mass is 9.89. The van der Waals surface area contributed by atoms with Crippen molar-refractivity contribution in [3.63, 3.8) is 0 Å². The van der Waals surface area contributed by atoms with E-state index >= 15 is 0 Å². The van der Waals surface area contributed by atoms with Crippen LogP contribution in [0.2, 0.25) is 0 Å². The van der Waals surface area contributed by atoms with Crippen LogP contribution in [0.15, 0.2) is 59.8 Å². The number of nitrogens with zero attached hydrogens (tertiary/aromatic N) is 1. The Hall–Kier alpha value is -3.27. The molecule has 2 aliphatic rings. The van der Waals surface area contributed by atoms with Crippen molar-refractivity contribution in [2.45, 2.75) is 50.9 Å². The third kappa shape index (κ3) is 5.75. The molecule has 0 radical (unpaired) electrons. The zero-order valence-corrected chi connectivity index (χ0v) is 18.7. The van der Waals surface area contributed by atoms with E-state index in [1.165, 1.54) is 11.1 Å². The third-order valence-electron chi connectivity index (χ3n) is 6.06. The number of hydrogen-bond acceptors (Lipinski definition) is 5. The van der Waals surface area contributed by atoms with Crippen molar-refractivity contribution in [2.75, 3.05) is 13.2 Å². The van der Waals surface area contributed by atoms with Crippen LogP contribution < -0.4 is 4.74 Å². The standard InChI is InChI=1S/C27H27NO5/c1-2-3-24(18-26(29)28-30)22-8-10-25(11-9-22)31-19-20-4-6-21(7-5-20)23-12-14-27(15-13-23)32-16-17-33-27/h4-12,24H,13-19H2,1H3. The molecule has 0 bridgehead atoms. The molecule has 1 aliphatic heterocycles. The first kappa shape index (κ1) is 22.9. The summed E-state index contributed by atoms with van der Waals surface area (Å²) in [6.07, 6.45) is 4.85. The fourth-order valence-corrected chi connectivity index (χ4v) is 4.25. The van der Waals surface area contributed by atoms with E-state index < -0.39 is 11.7 Å². The van der Waals surface area contributed by atoms with Crippen LogP contribution in [0.1, 0.15) is 55.2 Å². The highest BCUT2D eigenvalue weighted by molar-refractivity contribution is 5.78. The van der Waals surface area contributed by atoms with E-state index in [-0.39, 0.29) is 12.3 Å². The average molecular weight is 446 g/mol. The number of amides is 1. The fourth-order valence-electron chi connectivity index (χ4n) is 4.25. The molecule has 0 N–H and O–H groups in total. The molecule has 1 amide bonds. The largest absolute Gasteiger partial charge is 0.489 e. The van der Waals surface area contributed by atoms with Gasteiger partial charge in [0.05, 0.1) is 25.6 Å². The van der Waals surface area contributed by atoms with Crippen LogP contribution in [0.25, 0.3) is 5.57 Å². The van der Waals surface area contributed by atoms with Gasteiger partial charge in [-0.3, -0.25) is 4.79 Å². The Morgan fingerprint density at radius 3 is 2.45 bits per heavy atom. The molecular weight excluding hydrogens is 418 g/mol. The van der Waals surface area contributed by atoms with Crippen molar-refractivity contribution in [1.82, 2.24) is 0 Å². The van der Waals surface area contributed by atoms with Gasteiger partial charge in [-0.05, 0) is 47.7 Å². The van der Waals surface area contributed by atoms with Crippen molar-refractivity contribution < 1.29 is 19.0 Å². The molecule has 1 aliphatic carbocycles. The molecule has 2 aromatic carbocycles. The Bertz CT molecular complexity index is 1070. The minimum Gasteiger partial charge on any atom is -0.489 e. The lowest BCUT2D eigenvalue weighted by molar-refractivity contribution is -0.159. The van der Waals surface area contributed by atoms with Gasteiger partial charge in [0.15, 0.2) is 5.79 Å². The van der Waals surface area contributed by atoms with E-state index in [2.05, 4.69) is 47.4 Å². The molecule has 33 heavy (non-hydrogen) atoms. The number of rotatable bonds is 7. The highest BCUT2D eigenvalue weighted by Gasteiger charge is 2.37. The van der Waals surface area contributed by atoms with Crippen molar-refractivity contribution in [3.05, 3.63) is 76.2 Å². The second kappa shape index (κ2) is 10.6. The van der Waals surface area contributed by atoms with Crippen molar-refractivity contribution in [3.8, 4) is 17.6 Å². The van der Waals surface area contributed by atoms with Crippen LogP contribution in [0.5, 0.6) is 5.75 Å². The predicted molar refractivity (Wildman–Crippen MR) is 125 cm³/mol. The lowest BCUT2D eigenvalue weighted by Crippen LogP contribution is -2.31. The predicted octanol–water partition coefficient (Wildman–Crippen LogP) is 5.37. The number of ether oxygens (including phenoxy) is 3. The summed E-state index contributed by atoms with van der Waals surface area (Å²) in [4.78, 5) is 21.8. The molecule has 1 spiro atoms. The Morgan fingerprint density at radius 2 is 1.85 bits per heavy atom. The number of hydrogen-bond donors (Lipinski definition) is 0. The van der Waals surface area contributed by atoms with E-state index in [0.29, 0.717) is 19.8 Å². The Kier molecular flexibility index (Phi) is 7.33. The summed E-state index contributed by atoms with van der Waals surface area (Å²) >= 11 is 0. The average Bonchev–Trinajstić information content (AvgIpc) is 3.31. The first-order valence-corrected chi connectivity index (χ1v) is 11.2. The van der Waals surface area contributed by atoms with Gasteiger partial charge >= 0.3 is 0 Å². The zero-order chi connectivity index (χ0) is 23.1. The summed E-state index contributed by atoms with van der Waals surface area (Å²) in [6, 6.07) is 15.9. The Balaban J connectivity index is 1.33. The molecule has 0 aromatic heterocycles. The van der Waals surface area contributed by atoms with E-state index in [4.69, 9.17) is 14.2 Å². The minimum atomic E-state index is -0.699. The normalized spacial score (nSPS) is 17.5.